The minimum Gasteiger partial charge on any atom is -0.444 e. The van der Waals surface area contributed by atoms with Crippen molar-refractivity contribution in [1.29, 1.82) is 0 Å². The lowest BCUT2D eigenvalue weighted by atomic mass is 9.66. The number of halogens is 2. The quantitative estimate of drug-likeness (QED) is 0.457. The van der Waals surface area contributed by atoms with E-state index in [9.17, 15) is 18.4 Å². The van der Waals surface area contributed by atoms with Crippen molar-refractivity contribution < 1.29 is 23.1 Å². The maximum absolute atomic E-state index is 14.5. The van der Waals surface area contributed by atoms with E-state index in [1.807, 2.05) is 30.6 Å². The van der Waals surface area contributed by atoms with E-state index in [1.54, 1.807) is 32.2 Å². The Bertz CT molecular complexity index is 1550. The molecule has 242 valence electrons. The second-order valence-corrected chi connectivity index (χ2v) is 13.7. The molecule has 0 spiro atoms. The van der Waals surface area contributed by atoms with Crippen LogP contribution in [0.25, 0.3) is 5.70 Å². The van der Waals surface area contributed by atoms with Gasteiger partial charge >= 0.3 is 6.09 Å². The van der Waals surface area contributed by atoms with Gasteiger partial charge < -0.3 is 25.2 Å². The lowest BCUT2D eigenvalue weighted by Crippen LogP contribution is -2.58. The van der Waals surface area contributed by atoms with E-state index in [0.717, 1.165) is 41.9 Å². The fourth-order valence-corrected chi connectivity index (χ4v) is 7.44. The maximum atomic E-state index is 14.5. The van der Waals surface area contributed by atoms with E-state index in [-0.39, 0.29) is 41.1 Å². The number of aromatic nitrogens is 2. The number of anilines is 2. The number of fused-ring (bicyclic) bond motifs is 4. The number of aryl methyl sites for hydroxylation is 1. The first-order valence-corrected chi connectivity index (χ1v) is 15.8. The number of amides is 2. The molecule has 4 aliphatic rings. The molecule has 12 heteroatoms. The van der Waals surface area contributed by atoms with Gasteiger partial charge in [0.2, 0.25) is 5.91 Å². The van der Waals surface area contributed by atoms with Crippen LogP contribution in [0.2, 0.25) is 0 Å². The summed E-state index contributed by atoms with van der Waals surface area (Å²) in [4.78, 5) is 34.9. The number of nitrogens with zero attached hydrogens (tertiary/aromatic N) is 6. The van der Waals surface area contributed by atoms with Crippen LogP contribution in [0, 0.1) is 11.8 Å². The number of aliphatic imine (C=N–C) groups is 1. The lowest BCUT2D eigenvalue weighted by molar-refractivity contribution is -0.129. The van der Waals surface area contributed by atoms with Crippen LogP contribution in [0.3, 0.4) is 0 Å². The second-order valence-electron chi connectivity index (χ2n) is 13.7. The maximum Gasteiger partial charge on any atom is 0.410 e. The predicted molar refractivity (Wildman–Crippen MR) is 169 cm³/mol. The van der Waals surface area contributed by atoms with Crippen LogP contribution in [0.5, 0.6) is 0 Å². The molecular formula is C33H43F2N7O3. The first-order chi connectivity index (χ1) is 21.4. The van der Waals surface area contributed by atoms with Crippen LogP contribution in [0.4, 0.5) is 25.1 Å². The van der Waals surface area contributed by atoms with Gasteiger partial charge in [0.1, 0.15) is 5.60 Å². The van der Waals surface area contributed by atoms with Crippen molar-refractivity contribution in [2.45, 2.75) is 78.0 Å². The van der Waals surface area contributed by atoms with Crippen LogP contribution in [-0.2, 0) is 28.9 Å². The van der Waals surface area contributed by atoms with Crippen LogP contribution >= 0.6 is 0 Å². The summed E-state index contributed by atoms with van der Waals surface area (Å²) in [5.41, 5.74) is 9.80. The fourth-order valence-electron chi connectivity index (χ4n) is 7.44. The summed E-state index contributed by atoms with van der Waals surface area (Å²) in [6, 6.07) is 3.47. The average Bonchev–Trinajstić information content (AvgIpc) is 3.35. The predicted octanol–water partition coefficient (Wildman–Crippen LogP) is 5.24. The average molecular weight is 624 g/mol. The van der Waals surface area contributed by atoms with E-state index in [2.05, 4.69) is 14.6 Å². The number of ether oxygens (including phenoxy) is 1. The van der Waals surface area contributed by atoms with E-state index >= 15 is 0 Å². The molecule has 1 saturated heterocycles. The van der Waals surface area contributed by atoms with E-state index < -0.39 is 12.0 Å². The third-order valence-electron chi connectivity index (χ3n) is 9.50. The number of piperidine rings is 2. The first kappa shape index (κ1) is 31.0. The van der Waals surface area contributed by atoms with Crippen LogP contribution in [-0.4, -0.2) is 76.6 Å². The van der Waals surface area contributed by atoms with Gasteiger partial charge in [0.25, 0.3) is 6.43 Å². The standard InChI is InChI=1S/C33H43F2N7O3/c1-19(43)39-12-9-27-25(18-39)31(38-42(27)29-21-13-22(29)17-40(16-21)32(44)45-33(2,3)4)41-11-6-7-20-14-23(26(36)8-10-37-5)24(30(34)35)15-28(20)41/h8,10,14-15,21-22,29-30H,6-7,9,11-13,16-18,36H2,1-5H3/b26-8-,37-10?/t21-,22+,29?. The summed E-state index contributed by atoms with van der Waals surface area (Å²) in [6.45, 7) is 10.0. The van der Waals surface area contributed by atoms with Crippen LogP contribution in [0.15, 0.2) is 23.2 Å². The number of likely N-dealkylation sites (tertiary alicyclic amines) is 1. The third kappa shape index (κ3) is 5.79. The number of rotatable bonds is 5. The fraction of sp³-hybridized carbons (Fsp3) is 0.576. The minimum absolute atomic E-state index is 0.00517. The SMILES string of the molecule is CN=C/C=C(\N)c1cc2c(cc1C(F)F)N(c1nn(C3[C@@H]4C[C@H]3CN(C(=O)OC(C)(C)C)C4)c3c1CN(C(C)=O)CC3)CCC2. The monoisotopic (exact) mass is 623 g/mol. The molecule has 1 aliphatic carbocycles. The van der Waals surface area contributed by atoms with E-state index in [0.29, 0.717) is 50.4 Å². The molecule has 2 bridgehead atoms. The topological polar surface area (TPSA) is 109 Å². The third-order valence-corrected chi connectivity index (χ3v) is 9.50. The summed E-state index contributed by atoms with van der Waals surface area (Å²) < 4.78 is 36.7. The molecule has 1 saturated carbocycles. The van der Waals surface area contributed by atoms with Crippen molar-refractivity contribution in [3.8, 4) is 0 Å². The molecular weight excluding hydrogens is 580 g/mol. The number of carbonyl (C=O) groups excluding carboxylic acids is 2. The molecule has 10 nitrogen and oxygen atoms in total. The Balaban J connectivity index is 1.38. The number of allylic oxidation sites excluding steroid dienone is 1. The molecule has 6 rings (SSSR count). The highest BCUT2D eigenvalue weighted by Crippen LogP contribution is 2.51. The molecule has 45 heavy (non-hydrogen) atoms. The van der Waals surface area contributed by atoms with Crippen LogP contribution in [0.1, 0.15) is 81.0 Å². The Morgan fingerprint density at radius 2 is 1.87 bits per heavy atom. The molecule has 2 fully saturated rings. The number of hydrogen-bond donors (Lipinski definition) is 1. The van der Waals surface area contributed by atoms with Crippen molar-refractivity contribution >= 4 is 35.4 Å². The molecule has 2 amide bonds. The van der Waals surface area contributed by atoms with Gasteiger partial charge in [-0.15, -0.1) is 0 Å². The number of carbonyl (C=O) groups is 2. The van der Waals surface area contributed by atoms with Gasteiger partial charge in [0.15, 0.2) is 5.82 Å². The van der Waals surface area contributed by atoms with Crippen molar-refractivity contribution in [2.24, 2.45) is 22.6 Å². The van der Waals surface area contributed by atoms with Crippen molar-refractivity contribution in [3.63, 3.8) is 0 Å². The first-order valence-electron chi connectivity index (χ1n) is 15.8. The summed E-state index contributed by atoms with van der Waals surface area (Å²) >= 11 is 0. The second kappa shape index (κ2) is 11.8. The molecule has 1 aromatic carbocycles. The zero-order chi connectivity index (χ0) is 32.2. The molecule has 3 aliphatic heterocycles. The Labute approximate surface area is 262 Å². The molecule has 0 radical (unpaired) electrons. The van der Waals surface area contributed by atoms with Crippen LogP contribution < -0.4 is 10.6 Å². The number of hydrogen-bond acceptors (Lipinski definition) is 7. The Kier molecular flexibility index (Phi) is 8.11. The number of alkyl halides is 2. The molecule has 2 N–H and O–H groups in total. The Hall–Kier alpha value is -3.96. The van der Waals surface area contributed by atoms with Gasteiger partial charge in [-0.3, -0.25) is 14.5 Å². The Morgan fingerprint density at radius 3 is 2.51 bits per heavy atom. The van der Waals surface area contributed by atoms with Crippen molar-refractivity contribution in [3.05, 3.63) is 46.2 Å². The normalized spacial score (nSPS) is 23.2. The summed E-state index contributed by atoms with van der Waals surface area (Å²) in [7, 11) is 1.60. The molecule has 3 atom stereocenters. The molecule has 2 aromatic rings. The molecule has 1 aromatic heterocycles. The summed E-state index contributed by atoms with van der Waals surface area (Å²) in [6.07, 6.45) is 3.26. The highest BCUT2D eigenvalue weighted by Gasteiger charge is 2.51. The van der Waals surface area contributed by atoms with E-state index in [4.69, 9.17) is 15.6 Å². The van der Waals surface area contributed by atoms with Gasteiger partial charge in [-0.2, -0.15) is 5.10 Å². The minimum atomic E-state index is -2.72. The van der Waals surface area contributed by atoms with Gasteiger partial charge in [0, 0.05) is 86.6 Å². The smallest absolute Gasteiger partial charge is 0.410 e. The van der Waals surface area contributed by atoms with Gasteiger partial charge in [0.05, 0.1) is 12.6 Å². The largest absolute Gasteiger partial charge is 0.444 e. The van der Waals surface area contributed by atoms with Gasteiger partial charge in [-0.25, -0.2) is 13.6 Å². The lowest BCUT2D eigenvalue weighted by Gasteiger charge is -2.53. The van der Waals surface area contributed by atoms with Crippen molar-refractivity contribution in [1.82, 2.24) is 19.6 Å². The van der Waals surface area contributed by atoms with Gasteiger partial charge in [-0.1, -0.05) is 0 Å². The van der Waals surface area contributed by atoms with Gasteiger partial charge in [-0.05, 0) is 75.6 Å². The summed E-state index contributed by atoms with van der Waals surface area (Å²) in [5.74, 6) is 1.19. The zero-order valence-electron chi connectivity index (χ0n) is 26.7. The number of nitrogens with two attached hydrogens (primary N) is 1. The molecule has 1 unspecified atom stereocenters. The van der Waals surface area contributed by atoms with Crippen molar-refractivity contribution in [2.75, 3.05) is 38.1 Å². The number of benzene rings is 1. The van der Waals surface area contributed by atoms with E-state index in [1.165, 1.54) is 6.21 Å². The zero-order valence-corrected chi connectivity index (χ0v) is 26.7. The highest BCUT2D eigenvalue weighted by molar-refractivity contribution is 5.85. The summed E-state index contributed by atoms with van der Waals surface area (Å²) in [5, 5.41) is 5.24. The molecule has 4 heterocycles. The highest BCUT2D eigenvalue weighted by atomic mass is 19.3. The Morgan fingerprint density at radius 1 is 1.13 bits per heavy atom.